The highest BCUT2D eigenvalue weighted by atomic mass is 16.5. The minimum Gasteiger partial charge on any atom is -0.427 e. The summed E-state index contributed by atoms with van der Waals surface area (Å²) in [4.78, 5) is 0. The Balaban J connectivity index is 1.66. The molecule has 2 nitrogen and oxygen atoms in total. The molecule has 0 aliphatic rings. The van der Waals surface area contributed by atoms with Gasteiger partial charge in [-0.3, -0.25) is 0 Å². The highest BCUT2D eigenvalue weighted by Crippen LogP contribution is 2.29. The Kier molecular flexibility index (Phi) is 4.98. The molecule has 0 bridgehead atoms. The smallest absolute Gasteiger partial charge is 0.309 e. The largest absolute Gasteiger partial charge is 0.427 e. The fourth-order valence-electron chi connectivity index (χ4n) is 3.46. The summed E-state index contributed by atoms with van der Waals surface area (Å²) in [5.41, 5.74) is 2.04. The molecule has 4 aromatic carbocycles. The maximum Gasteiger partial charge on any atom is 0.309 e. The Morgan fingerprint density at radius 1 is 0.690 bits per heavy atom. The van der Waals surface area contributed by atoms with Gasteiger partial charge in [-0.2, -0.15) is 0 Å². The predicted molar refractivity (Wildman–Crippen MR) is 125 cm³/mol. The summed E-state index contributed by atoms with van der Waals surface area (Å²) in [6, 6.07) is 28.0. The average Bonchev–Trinajstić information content (AvgIpc) is 2.71. The Morgan fingerprint density at radius 3 is 1.97 bits per heavy atom. The van der Waals surface area contributed by atoms with Crippen LogP contribution in [0.4, 0.5) is 0 Å². The zero-order valence-corrected chi connectivity index (χ0v) is 17.6. The quantitative estimate of drug-likeness (QED) is 0.380. The lowest BCUT2D eigenvalue weighted by Gasteiger charge is -2.37. The number of hydrogen-bond acceptors (Lipinski definition) is 2. The van der Waals surface area contributed by atoms with E-state index in [4.69, 9.17) is 4.65 Å². The maximum atomic E-state index is 10.3. The fourth-order valence-corrected chi connectivity index (χ4v) is 3.46. The first-order chi connectivity index (χ1) is 13.7. The van der Waals surface area contributed by atoms with E-state index in [1.165, 1.54) is 32.7 Å². The van der Waals surface area contributed by atoms with E-state index < -0.39 is 11.2 Å². The van der Waals surface area contributed by atoms with E-state index in [-0.39, 0.29) is 0 Å². The Hall–Kier alpha value is -2.62. The van der Waals surface area contributed by atoms with Crippen molar-refractivity contribution in [3.8, 4) is 11.1 Å². The summed E-state index contributed by atoms with van der Waals surface area (Å²) < 4.78 is 6.03. The zero-order valence-electron chi connectivity index (χ0n) is 17.6. The Labute approximate surface area is 173 Å². The Morgan fingerprint density at radius 2 is 1.31 bits per heavy atom. The zero-order chi connectivity index (χ0) is 20.6. The van der Waals surface area contributed by atoms with E-state index >= 15 is 0 Å². The van der Waals surface area contributed by atoms with Crippen LogP contribution in [-0.2, 0) is 4.65 Å². The van der Waals surface area contributed by atoms with Gasteiger partial charge in [-0.25, -0.2) is 0 Å². The minimum absolute atomic E-state index is 0.470. The lowest BCUT2D eigenvalue weighted by Crippen LogP contribution is -2.49. The minimum atomic E-state index is -0.906. The van der Waals surface area contributed by atoms with Crippen LogP contribution in [0.15, 0.2) is 78.9 Å². The molecular weight excluding hydrogens is 355 g/mol. The highest BCUT2D eigenvalue weighted by Gasteiger charge is 2.35. The van der Waals surface area contributed by atoms with Gasteiger partial charge in [0, 0.05) is 0 Å². The molecule has 0 amide bonds. The molecule has 0 aromatic heterocycles. The first-order valence-corrected chi connectivity index (χ1v) is 10.1. The average molecular weight is 382 g/mol. The molecule has 146 valence electrons. The summed E-state index contributed by atoms with van der Waals surface area (Å²) in [6.07, 6.45) is 0. The van der Waals surface area contributed by atoms with Crippen LogP contribution >= 0.6 is 0 Å². The van der Waals surface area contributed by atoms with Crippen LogP contribution in [0.2, 0.25) is 0 Å². The molecule has 0 heterocycles. The third-order valence-electron chi connectivity index (χ3n) is 6.08. The van der Waals surface area contributed by atoms with E-state index in [1.54, 1.807) is 13.8 Å². The van der Waals surface area contributed by atoms with Crippen molar-refractivity contribution in [3.05, 3.63) is 78.9 Å². The molecule has 0 atom stereocenters. The molecule has 0 aliphatic carbocycles. The summed E-state index contributed by atoms with van der Waals surface area (Å²) in [6.45, 7) is 7.41. The molecular formula is C26H27BO2. The molecule has 0 radical (unpaired) electrons. The third kappa shape index (κ3) is 3.94. The maximum absolute atomic E-state index is 10.3. The van der Waals surface area contributed by atoms with Crippen LogP contribution in [0, 0.1) is 0 Å². The molecule has 4 aromatic rings. The molecule has 3 heteroatoms. The van der Waals surface area contributed by atoms with Crippen molar-refractivity contribution >= 4 is 34.5 Å². The van der Waals surface area contributed by atoms with Crippen molar-refractivity contribution in [2.24, 2.45) is 0 Å². The third-order valence-corrected chi connectivity index (χ3v) is 6.08. The van der Waals surface area contributed by atoms with E-state index in [9.17, 15) is 5.11 Å². The highest BCUT2D eigenvalue weighted by molar-refractivity contribution is 6.47. The van der Waals surface area contributed by atoms with Gasteiger partial charge in [-0.1, -0.05) is 78.3 Å². The van der Waals surface area contributed by atoms with Crippen molar-refractivity contribution in [2.45, 2.75) is 38.9 Å². The molecule has 1 N–H and O–H groups in total. The molecule has 0 spiro atoms. The SMILES string of the molecule is CC(C)(O)C(C)(C)OBc1ccc2c(ccc3cc(-c4ccccc4)ccc32)c1. The second kappa shape index (κ2) is 7.33. The summed E-state index contributed by atoms with van der Waals surface area (Å²) in [7, 11) is 0.470. The molecule has 0 saturated heterocycles. The van der Waals surface area contributed by atoms with Crippen molar-refractivity contribution in [2.75, 3.05) is 0 Å². The van der Waals surface area contributed by atoms with Crippen LogP contribution in [-0.4, -0.2) is 23.8 Å². The number of fused-ring (bicyclic) bond motifs is 3. The topological polar surface area (TPSA) is 29.5 Å². The normalized spacial score (nSPS) is 12.4. The van der Waals surface area contributed by atoms with Crippen molar-refractivity contribution in [1.29, 1.82) is 0 Å². The van der Waals surface area contributed by atoms with Gasteiger partial charge in [0.25, 0.3) is 0 Å². The van der Waals surface area contributed by atoms with Gasteiger partial charge in [0.2, 0.25) is 0 Å². The molecule has 29 heavy (non-hydrogen) atoms. The van der Waals surface area contributed by atoms with Gasteiger partial charge >= 0.3 is 7.48 Å². The van der Waals surface area contributed by atoms with E-state index in [0.29, 0.717) is 7.48 Å². The number of hydrogen-bond donors (Lipinski definition) is 1. The number of rotatable bonds is 5. The molecule has 0 aliphatic heterocycles. The second-order valence-electron chi connectivity index (χ2n) is 8.78. The van der Waals surface area contributed by atoms with Crippen LogP contribution in [0.3, 0.4) is 0 Å². The number of benzene rings is 4. The van der Waals surface area contributed by atoms with Gasteiger partial charge in [0.05, 0.1) is 11.2 Å². The molecule has 4 rings (SSSR count). The second-order valence-corrected chi connectivity index (χ2v) is 8.78. The summed E-state index contributed by atoms with van der Waals surface area (Å²) >= 11 is 0. The van der Waals surface area contributed by atoms with E-state index in [0.717, 1.165) is 5.46 Å². The van der Waals surface area contributed by atoms with Gasteiger partial charge in [0.1, 0.15) is 0 Å². The van der Waals surface area contributed by atoms with Crippen LogP contribution in [0.25, 0.3) is 32.7 Å². The molecule has 0 saturated carbocycles. The monoisotopic (exact) mass is 382 g/mol. The predicted octanol–water partition coefficient (Wildman–Crippen LogP) is 5.20. The molecule has 0 unspecified atom stereocenters. The lowest BCUT2D eigenvalue weighted by atomic mass is 9.81. The number of aliphatic hydroxyl groups is 1. The van der Waals surface area contributed by atoms with Crippen molar-refractivity contribution in [3.63, 3.8) is 0 Å². The van der Waals surface area contributed by atoms with Crippen molar-refractivity contribution < 1.29 is 9.76 Å². The van der Waals surface area contributed by atoms with Gasteiger partial charge in [0.15, 0.2) is 0 Å². The van der Waals surface area contributed by atoms with Gasteiger partial charge < -0.3 is 9.76 Å². The van der Waals surface area contributed by atoms with Gasteiger partial charge in [-0.15, -0.1) is 0 Å². The van der Waals surface area contributed by atoms with Crippen LogP contribution in [0.5, 0.6) is 0 Å². The lowest BCUT2D eigenvalue weighted by molar-refractivity contribution is -0.0893. The fraction of sp³-hybridized carbons (Fsp3) is 0.231. The Bertz CT molecular complexity index is 1160. The van der Waals surface area contributed by atoms with Crippen LogP contribution < -0.4 is 5.46 Å². The summed E-state index contributed by atoms with van der Waals surface area (Å²) in [5.74, 6) is 0. The standard InChI is InChI=1S/C26H27BO2/c1-25(2,28)26(3,4)29-27-22-13-15-24-21(17-22)11-10-20-16-19(12-14-23(20)24)18-8-6-5-7-9-18/h5-17,27-28H,1-4H3. The molecule has 0 fully saturated rings. The van der Waals surface area contributed by atoms with E-state index in [1.807, 2.05) is 19.9 Å². The first-order valence-electron chi connectivity index (χ1n) is 10.1. The van der Waals surface area contributed by atoms with Gasteiger partial charge in [-0.05, 0) is 66.4 Å². The summed E-state index contributed by atoms with van der Waals surface area (Å²) in [5, 5.41) is 15.2. The van der Waals surface area contributed by atoms with Crippen LogP contribution in [0.1, 0.15) is 27.7 Å². The first kappa shape index (κ1) is 19.7. The van der Waals surface area contributed by atoms with E-state index in [2.05, 4.69) is 72.8 Å². The van der Waals surface area contributed by atoms with Crippen molar-refractivity contribution in [1.82, 2.24) is 0 Å².